The van der Waals surface area contributed by atoms with Crippen LogP contribution in [-0.4, -0.2) is 67.3 Å². The SMILES string of the molecule is CNC(=O)c1cccc(N2CCC(OC3CCN(C(C)C)CC3)CC2)n1. The Morgan fingerprint density at radius 2 is 1.73 bits per heavy atom. The molecule has 0 radical (unpaired) electrons. The van der Waals surface area contributed by atoms with Gasteiger partial charge in [-0.3, -0.25) is 4.79 Å². The molecule has 0 saturated carbocycles. The molecular formula is C20H32N4O2. The Hall–Kier alpha value is -1.66. The average Bonchev–Trinajstić information content (AvgIpc) is 2.68. The van der Waals surface area contributed by atoms with Crippen LogP contribution < -0.4 is 10.2 Å². The molecule has 1 aromatic rings. The Bertz CT molecular complexity index is 591. The Kier molecular flexibility index (Phi) is 6.48. The van der Waals surface area contributed by atoms with Crippen molar-refractivity contribution in [3.05, 3.63) is 23.9 Å². The van der Waals surface area contributed by atoms with Crippen LogP contribution in [0.5, 0.6) is 0 Å². The van der Waals surface area contributed by atoms with Crippen LogP contribution in [0.1, 0.15) is 50.0 Å². The number of pyridine rings is 1. The highest BCUT2D eigenvalue weighted by Gasteiger charge is 2.27. The predicted octanol–water partition coefficient (Wildman–Crippen LogP) is 2.30. The maximum absolute atomic E-state index is 11.8. The van der Waals surface area contributed by atoms with Crippen molar-refractivity contribution in [3.63, 3.8) is 0 Å². The van der Waals surface area contributed by atoms with Crippen molar-refractivity contribution >= 4 is 11.7 Å². The van der Waals surface area contributed by atoms with Gasteiger partial charge < -0.3 is 19.9 Å². The molecule has 1 amide bonds. The van der Waals surface area contributed by atoms with Gasteiger partial charge in [-0.1, -0.05) is 6.07 Å². The normalized spacial score (nSPS) is 20.5. The number of ether oxygens (including phenoxy) is 1. The van der Waals surface area contributed by atoms with Crippen molar-refractivity contribution in [2.24, 2.45) is 0 Å². The number of hydrogen-bond donors (Lipinski definition) is 1. The first-order valence-electron chi connectivity index (χ1n) is 9.90. The number of piperidine rings is 2. The summed E-state index contributed by atoms with van der Waals surface area (Å²) in [5.41, 5.74) is 0.472. The molecule has 2 aliphatic rings. The lowest BCUT2D eigenvalue weighted by Gasteiger charge is -2.38. The molecule has 2 saturated heterocycles. The van der Waals surface area contributed by atoms with Crippen LogP contribution in [0.2, 0.25) is 0 Å². The quantitative estimate of drug-likeness (QED) is 0.873. The molecule has 1 N–H and O–H groups in total. The molecular weight excluding hydrogens is 328 g/mol. The summed E-state index contributed by atoms with van der Waals surface area (Å²) >= 11 is 0. The number of carbonyl (C=O) groups is 1. The zero-order valence-electron chi connectivity index (χ0n) is 16.3. The Balaban J connectivity index is 1.47. The van der Waals surface area contributed by atoms with E-state index in [1.165, 1.54) is 0 Å². The fraction of sp³-hybridized carbons (Fsp3) is 0.700. The molecule has 2 aliphatic heterocycles. The molecule has 0 aromatic carbocycles. The first-order chi connectivity index (χ1) is 12.6. The lowest BCUT2D eigenvalue weighted by atomic mass is 10.0. The lowest BCUT2D eigenvalue weighted by molar-refractivity contribution is -0.0540. The van der Waals surface area contributed by atoms with Gasteiger partial charge in [0.05, 0.1) is 12.2 Å². The topological polar surface area (TPSA) is 57.7 Å². The maximum Gasteiger partial charge on any atom is 0.269 e. The zero-order valence-corrected chi connectivity index (χ0v) is 16.3. The average molecular weight is 361 g/mol. The van der Waals surface area contributed by atoms with Crippen LogP contribution in [0.15, 0.2) is 18.2 Å². The Labute approximate surface area is 156 Å². The van der Waals surface area contributed by atoms with Crippen molar-refractivity contribution in [1.82, 2.24) is 15.2 Å². The van der Waals surface area contributed by atoms with Crippen molar-refractivity contribution < 1.29 is 9.53 Å². The third-order valence-corrected chi connectivity index (χ3v) is 5.55. The van der Waals surface area contributed by atoms with Gasteiger partial charge in [-0.2, -0.15) is 0 Å². The summed E-state index contributed by atoms with van der Waals surface area (Å²) < 4.78 is 6.39. The van der Waals surface area contributed by atoms with Gasteiger partial charge in [0.15, 0.2) is 0 Å². The summed E-state index contributed by atoms with van der Waals surface area (Å²) in [6, 6.07) is 6.27. The van der Waals surface area contributed by atoms with Gasteiger partial charge in [-0.15, -0.1) is 0 Å². The largest absolute Gasteiger partial charge is 0.375 e. The minimum atomic E-state index is -0.141. The van der Waals surface area contributed by atoms with Crippen LogP contribution in [0.3, 0.4) is 0 Å². The van der Waals surface area contributed by atoms with E-state index in [0.717, 1.165) is 57.7 Å². The van der Waals surface area contributed by atoms with Crippen LogP contribution in [0.25, 0.3) is 0 Å². The van der Waals surface area contributed by atoms with Crippen LogP contribution in [0, 0.1) is 0 Å². The number of nitrogens with one attached hydrogen (secondary N) is 1. The molecule has 6 heteroatoms. The van der Waals surface area contributed by atoms with Gasteiger partial charge in [0, 0.05) is 39.3 Å². The summed E-state index contributed by atoms with van der Waals surface area (Å²) in [6.07, 6.45) is 5.11. The third-order valence-electron chi connectivity index (χ3n) is 5.55. The van der Waals surface area contributed by atoms with E-state index in [2.05, 4.69) is 33.9 Å². The van der Waals surface area contributed by atoms with Crippen molar-refractivity contribution in [2.45, 2.75) is 57.8 Å². The van der Waals surface area contributed by atoms with E-state index in [4.69, 9.17) is 4.74 Å². The zero-order chi connectivity index (χ0) is 18.5. The highest BCUT2D eigenvalue weighted by atomic mass is 16.5. The summed E-state index contributed by atoms with van der Waals surface area (Å²) in [6.45, 7) is 8.70. The first kappa shape index (κ1) is 19.1. The lowest BCUT2D eigenvalue weighted by Crippen LogP contribution is -2.44. The molecule has 0 unspecified atom stereocenters. The number of anilines is 1. The molecule has 0 bridgehead atoms. The Morgan fingerprint density at radius 3 is 2.31 bits per heavy atom. The second-order valence-electron chi connectivity index (χ2n) is 7.61. The van der Waals surface area contributed by atoms with E-state index >= 15 is 0 Å². The predicted molar refractivity (Wildman–Crippen MR) is 104 cm³/mol. The van der Waals surface area contributed by atoms with Crippen molar-refractivity contribution in [2.75, 3.05) is 38.1 Å². The number of hydrogen-bond acceptors (Lipinski definition) is 5. The van der Waals surface area contributed by atoms with Crippen molar-refractivity contribution in [1.29, 1.82) is 0 Å². The molecule has 0 spiro atoms. The fourth-order valence-corrected chi connectivity index (χ4v) is 3.88. The third kappa shape index (κ3) is 4.74. The van der Waals surface area contributed by atoms with E-state index in [1.807, 2.05) is 12.1 Å². The first-order valence-corrected chi connectivity index (χ1v) is 9.90. The fourth-order valence-electron chi connectivity index (χ4n) is 3.88. The smallest absolute Gasteiger partial charge is 0.269 e. The van der Waals surface area contributed by atoms with Crippen LogP contribution >= 0.6 is 0 Å². The molecule has 1 aromatic heterocycles. The van der Waals surface area contributed by atoms with Crippen LogP contribution in [0.4, 0.5) is 5.82 Å². The highest BCUT2D eigenvalue weighted by Crippen LogP contribution is 2.24. The number of carbonyl (C=O) groups excluding carboxylic acids is 1. The minimum Gasteiger partial charge on any atom is -0.375 e. The highest BCUT2D eigenvalue weighted by molar-refractivity contribution is 5.92. The second kappa shape index (κ2) is 8.82. The standard InChI is InChI=1S/C20H32N4O2/c1-15(2)23-11-7-16(8-12-23)26-17-9-13-24(14-10-17)19-6-4-5-18(22-19)20(25)21-3/h4-6,15-17H,7-14H2,1-3H3,(H,21,25). The second-order valence-corrected chi connectivity index (χ2v) is 7.61. The minimum absolute atomic E-state index is 0.141. The molecule has 3 rings (SSSR count). The van der Waals surface area contributed by atoms with Gasteiger partial charge in [0.1, 0.15) is 11.5 Å². The van der Waals surface area contributed by atoms with Gasteiger partial charge in [0.25, 0.3) is 5.91 Å². The Morgan fingerprint density at radius 1 is 1.12 bits per heavy atom. The van der Waals surface area contributed by atoms with E-state index < -0.39 is 0 Å². The molecule has 144 valence electrons. The number of amides is 1. The molecule has 2 fully saturated rings. The van der Waals surface area contributed by atoms with E-state index in [0.29, 0.717) is 23.9 Å². The monoisotopic (exact) mass is 360 g/mol. The summed E-state index contributed by atoms with van der Waals surface area (Å²) in [4.78, 5) is 21.1. The summed E-state index contributed by atoms with van der Waals surface area (Å²) in [5, 5.41) is 2.63. The maximum atomic E-state index is 11.8. The summed E-state index contributed by atoms with van der Waals surface area (Å²) in [7, 11) is 1.63. The van der Waals surface area contributed by atoms with Gasteiger partial charge in [-0.05, 0) is 51.7 Å². The van der Waals surface area contributed by atoms with E-state index in [-0.39, 0.29) is 5.91 Å². The molecule has 3 heterocycles. The van der Waals surface area contributed by atoms with Crippen molar-refractivity contribution in [3.8, 4) is 0 Å². The number of likely N-dealkylation sites (tertiary alicyclic amines) is 1. The summed E-state index contributed by atoms with van der Waals surface area (Å²) in [5.74, 6) is 0.743. The molecule has 0 atom stereocenters. The molecule has 0 aliphatic carbocycles. The number of nitrogens with zero attached hydrogens (tertiary/aromatic N) is 3. The van der Waals surface area contributed by atoms with Crippen LogP contribution in [-0.2, 0) is 4.74 Å². The van der Waals surface area contributed by atoms with E-state index in [1.54, 1.807) is 13.1 Å². The molecule has 26 heavy (non-hydrogen) atoms. The molecule has 6 nitrogen and oxygen atoms in total. The van der Waals surface area contributed by atoms with Gasteiger partial charge >= 0.3 is 0 Å². The van der Waals surface area contributed by atoms with E-state index in [9.17, 15) is 4.79 Å². The van der Waals surface area contributed by atoms with Gasteiger partial charge in [-0.25, -0.2) is 4.98 Å². The number of aromatic nitrogens is 1. The number of rotatable bonds is 5. The van der Waals surface area contributed by atoms with Gasteiger partial charge in [0.2, 0.25) is 0 Å².